The van der Waals surface area contributed by atoms with Crippen LogP contribution in [-0.4, -0.2) is 25.7 Å². The molecule has 25 heavy (non-hydrogen) atoms. The van der Waals surface area contributed by atoms with Crippen molar-refractivity contribution in [3.8, 4) is 17.2 Å². The molecule has 5 nitrogen and oxygen atoms in total. The van der Waals surface area contributed by atoms with Gasteiger partial charge >= 0.3 is 6.61 Å². The minimum Gasteiger partial charge on any atom is -0.486 e. The summed E-state index contributed by atoms with van der Waals surface area (Å²) in [5.41, 5.74) is 1.07. The third kappa shape index (κ3) is 4.30. The Hall–Kier alpha value is -2.54. The second-order valence-electron chi connectivity index (χ2n) is 5.19. The molecule has 2 aromatic carbocycles. The Kier molecular flexibility index (Phi) is 5.23. The van der Waals surface area contributed by atoms with Gasteiger partial charge in [-0.1, -0.05) is 11.6 Å². The van der Waals surface area contributed by atoms with E-state index in [0.29, 0.717) is 35.3 Å². The van der Waals surface area contributed by atoms with Crippen molar-refractivity contribution in [1.29, 1.82) is 0 Å². The fourth-order valence-electron chi connectivity index (χ4n) is 2.34. The van der Waals surface area contributed by atoms with Crippen LogP contribution in [0.2, 0.25) is 5.02 Å². The lowest BCUT2D eigenvalue weighted by Crippen LogP contribution is -2.23. The molecule has 1 aliphatic heterocycles. The zero-order chi connectivity index (χ0) is 17.8. The normalized spacial score (nSPS) is 12.8. The molecule has 0 fully saturated rings. The van der Waals surface area contributed by atoms with Crippen molar-refractivity contribution in [3.05, 3.63) is 52.5 Å². The molecule has 1 amide bonds. The summed E-state index contributed by atoms with van der Waals surface area (Å²) in [7, 11) is 0. The molecule has 0 bridgehead atoms. The monoisotopic (exact) mass is 369 g/mol. The Morgan fingerprint density at radius 3 is 2.64 bits per heavy atom. The van der Waals surface area contributed by atoms with Crippen LogP contribution in [0, 0.1) is 0 Å². The van der Waals surface area contributed by atoms with Crippen LogP contribution < -0.4 is 19.5 Å². The third-order valence-electron chi connectivity index (χ3n) is 3.45. The van der Waals surface area contributed by atoms with Crippen molar-refractivity contribution >= 4 is 17.5 Å². The lowest BCUT2D eigenvalue weighted by atomic mass is 10.1. The Balaban J connectivity index is 1.63. The highest BCUT2D eigenvalue weighted by Crippen LogP contribution is 2.38. The first-order chi connectivity index (χ1) is 12.0. The van der Waals surface area contributed by atoms with Crippen LogP contribution in [0.4, 0.5) is 8.78 Å². The first-order valence-electron chi connectivity index (χ1n) is 7.44. The van der Waals surface area contributed by atoms with E-state index in [1.807, 2.05) is 0 Å². The molecular weight excluding hydrogens is 356 g/mol. The minimum atomic E-state index is -2.90. The van der Waals surface area contributed by atoms with Gasteiger partial charge in [-0.05, 0) is 42.0 Å². The number of benzene rings is 2. The topological polar surface area (TPSA) is 56.8 Å². The zero-order valence-electron chi connectivity index (χ0n) is 12.9. The summed E-state index contributed by atoms with van der Waals surface area (Å²) < 4.78 is 39.4. The third-order valence-corrected chi connectivity index (χ3v) is 3.73. The van der Waals surface area contributed by atoms with Crippen LogP contribution in [0.3, 0.4) is 0 Å². The maximum Gasteiger partial charge on any atom is 0.387 e. The summed E-state index contributed by atoms with van der Waals surface area (Å²) in [6, 6.07) is 8.87. The molecule has 0 spiro atoms. The number of fused-ring (bicyclic) bond motifs is 1. The molecule has 0 aliphatic carbocycles. The largest absolute Gasteiger partial charge is 0.486 e. The van der Waals surface area contributed by atoms with Gasteiger partial charge in [-0.25, -0.2) is 0 Å². The molecule has 2 aromatic rings. The molecule has 132 valence electrons. The highest BCUT2D eigenvalue weighted by Gasteiger charge is 2.17. The van der Waals surface area contributed by atoms with Gasteiger partial charge in [0, 0.05) is 12.1 Å². The van der Waals surface area contributed by atoms with Crippen molar-refractivity contribution in [3.63, 3.8) is 0 Å². The summed E-state index contributed by atoms with van der Waals surface area (Å²) in [6.45, 7) is -1.80. The number of nitrogens with one attached hydrogen (secondary N) is 1. The quantitative estimate of drug-likeness (QED) is 0.874. The fourth-order valence-corrected chi connectivity index (χ4v) is 2.63. The number of halogens is 3. The van der Waals surface area contributed by atoms with Crippen LogP contribution in [0.5, 0.6) is 17.2 Å². The second kappa shape index (κ2) is 7.57. The van der Waals surface area contributed by atoms with Crippen LogP contribution in [0.25, 0.3) is 0 Å². The first kappa shape index (κ1) is 17.3. The molecule has 8 heteroatoms. The highest BCUT2D eigenvalue weighted by molar-refractivity contribution is 6.32. The van der Waals surface area contributed by atoms with E-state index in [4.69, 9.17) is 21.1 Å². The Morgan fingerprint density at radius 1 is 1.20 bits per heavy atom. The van der Waals surface area contributed by atoms with Gasteiger partial charge in [-0.2, -0.15) is 8.78 Å². The van der Waals surface area contributed by atoms with Gasteiger partial charge in [0.2, 0.25) is 0 Å². The summed E-state index contributed by atoms with van der Waals surface area (Å²) in [4.78, 5) is 12.1. The Labute approximate surface area is 147 Å². The molecule has 1 heterocycles. The van der Waals surface area contributed by atoms with Gasteiger partial charge in [-0.3, -0.25) is 4.79 Å². The van der Waals surface area contributed by atoms with E-state index in [1.54, 1.807) is 12.1 Å². The SMILES string of the molecule is O=C(NCc1cc(Cl)c2c(c1)OCCO2)c1ccc(OC(F)F)cc1. The summed E-state index contributed by atoms with van der Waals surface area (Å²) in [5.74, 6) is 0.675. The summed E-state index contributed by atoms with van der Waals surface area (Å²) >= 11 is 6.15. The van der Waals surface area contributed by atoms with Crippen molar-refractivity contribution in [2.24, 2.45) is 0 Å². The van der Waals surface area contributed by atoms with E-state index >= 15 is 0 Å². The standard InChI is InChI=1S/C17H14ClF2NO4/c18-13-7-10(8-14-15(13)24-6-5-23-14)9-21-16(22)11-1-3-12(4-2-11)25-17(19)20/h1-4,7-8,17H,5-6,9H2,(H,21,22). The van der Waals surface area contributed by atoms with Crippen LogP contribution in [-0.2, 0) is 6.54 Å². The molecule has 1 aliphatic rings. The molecular formula is C17H14ClF2NO4. The average Bonchev–Trinajstić information content (AvgIpc) is 2.60. The highest BCUT2D eigenvalue weighted by atomic mass is 35.5. The van der Waals surface area contributed by atoms with Crippen LogP contribution in [0.1, 0.15) is 15.9 Å². The number of alkyl halides is 2. The van der Waals surface area contributed by atoms with Crippen molar-refractivity contribution < 1.29 is 27.8 Å². The van der Waals surface area contributed by atoms with Crippen molar-refractivity contribution in [2.45, 2.75) is 13.2 Å². The predicted molar refractivity (Wildman–Crippen MR) is 86.7 cm³/mol. The zero-order valence-corrected chi connectivity index (χ0v) is 13.7. The smallest absolute Gasteiger partial charge is 0.387 e. The number of rotatable bonds is 5. The van der Waals surface area contributed by atoms with Gasteiger partial charge in [0.05, 0.1) is 5.02 Å². The summed E-state index contributed by atoms with van der Waals surface area (Å²) in [6.07, 6.45) is 0. The van der Waals surface area contributed by atoms with E-state index in [9.17, 15) is 13.6 Å². The molecule has 0 aromatic heterocycles. The van der Waals surface area contributed by atoms with E-state index < -0.39 is 6.61 Å². The molecule has 0 saturated carbocycles. The van der Waals surface area contributed by atoms with Crippen LogP contribution >= 0.6 is 11.6 Å². The Bertz CT molecular complexity index is 768. The minimum absolute atomic E-state index is 0.00910. The van der Waals surface area contributed by atoms with Gasteiger partial charge in [0.15, 0.2) is 11.5 Å². The first-order valence-corrected chi connectivity index (χ1v) is 7.82. The summed E-state index contributed by atoms with van der Waals surface area (Å²) in [5, 5.41) is 3.14. The Morgan fingerprint density at radius 2 is 1.92 bits per heavy atom. The second-order valence-corrected chi connectivity index (χ2v) is 5.59. The fraction of sp³-hybridized carbons (Fsp3) is 0.235. The van der Waals surface area contributed by atoms with Gasteiger partial charge < -0.3 is 19.5 Å². The molecule has 0 saturated heterocycles. The lowest BCUT2D eigenvalue weighted by molar-refractivity contribution is -0.0498. The maximum atomic E-state index is 12.1. The van der Waals surface area contributed by atoms with Crippen molar-refractivity contribution in [2.75, 3.05) is 13.2 Å². The van der Waals surface area contributed by atoms with E-state index in [1.165, 1.54) is 24.3 Å². The van der Waals surface area contributed by atoms with E-state index in [0.717, 1.165) is 5.56 Å². The van der Waals surface area contributed by atoms with Crippen molar-refractivity contribution in [1.82, 2.24) is 5.32 Å². The number of hydrogen-bond acceptors (Lipinski definition) is 4. The van der Waals surface area contributed by atoms with Gasteiger partial charge in [0.25, 0.3) is 5.91 Å². The number of carbonyl (C=O) groups is 1. The maximum absolute atomic E-state index is 12.1. The van der Waals surface area contributed by atoms with Gasteiger partial charge in [0.1, 0.15) is 19.0 Å². The molecule has 0 radical (unpaired) electrons. The van der Waals surface area contributed by atoms with E-state index in [-0.39, 0.29) is 18.2 Å². The molecule has 1 N–H and O–H groups in total. The number of carbonyl (C=O) groups excluding carboxylic acids is 1. The van der Waals surface area contributed by atoms with Gasteiger partial charge in [-0.15, -0.1) is 0 Å². The predicted octanol–water partition coefficient (Wildman–Crippen LogP) is 3.64. The lowest BCUT2D eigenvalue weighted by Gasteiger charge is -2.20. The average molecular weight is 370 g/mol. The molecule has 3 rings (SSSR count). The molecule has 0 atom stereocenters. The molecule has 0 unspecified atom stereocenters. The van der Waals surface area contributed by atoms with Crippen LogP contribution in [0.15, 0.2) is 36.4 Å². The number of ether oxygens (including phenoxy) is 3. The number of amides is 1. The number of hydrogen-bond donors (Lipinski definition) is 1. The van der Waals surface area contributed by atoms with E-state index in [2.05, 4.69) is 10.1 Å².